The van der Waals surface area contributed by atoms with Gasteiger partial charge in [-0.2, -0.15) is 0 Å². The maximum Gasteiger partial charge on any atom is 0.249 e. The van der Waals surface area contributed by atoms with Crippen LogP contribution in [0.25, 0.3) is 36.6 Å². The summed E-state index contributed by atoms with van der Waals surface area (Å²) in [6, 6.07) is 51.5. The lowest BCUT2D eigenvalue weighted by atomic mass is 9.29. The number of thiophene rings is 1. The number of anilines is 5. The van der Waals surface area contributed by atoms with E-state index in [0.29, 0.717) is 0 Å². The van der Waals surface area contributed by atoms with Gasteiger partial charge in [-0.05, 0) is 81.9 Å². The van der Waals surface area contributed by atoms with Crippen molar-refractivity contribution in [3.8, 4) is 0 Å². The molecule has 0 saturated heterocycles. The van der Waals surface area contributed by atoms with E-state index in [-0.39, 0.29) is 17.9 Å². The number of halogens is 1. The standard InChI is InChI=1S/C45H30BFN2S/c1-45(2)34-19-10-8-17-32(34)42-44(45)46-39-35(20-12-21-36(39)49(42)29-25-23-27(47)24-26-29)48(28-13-4-3-5-14-28)41-30-15-6-7-16-31(30)43-38(40(41)46)33-18-9-11-22-37(33)50-43/h3-26H,1-2H3. The first kappa shape index (κ1) is 28.2. The first-order valence-corrected chi connectivity index (χ1v) is 18.1. The number of benzene rings is 7. The summed E-state index contributed by atoms with van der Waals surface area (Å²) in [6.07, 6.45) is 0. The fraction of sp³-hybridized carbons (Fsp3) is 0.0667. The van der Waals surface area contributed by atoms with E-state index in [1.165, 1.54) is 75.5 Å². The van der Waals surface area contributed by atoms with Crippen LogP contribution in [0.1, 0.15) is 25.0 Å². The van der Waals surface area contributed by atoms with Crippen LogP contribution in [0.3, 0.4) is 0 Å². The van der Waals surface area contributed by atoms with Gasteiger partial charge in [-0.15, -0.1) is 11.3 Å². The maximum atomic E-state index is 14.5. The molecule has 1 aliphatic carbocycles. The predicted octanol–water partition coefficient (Wildman–Crippen LogP) is 11.1. The van der Waals surface area contributed by atoms with Gasteiger partial charge in [0.2, 0.25) is 6.71 Å². The molecule has 0 unspecified atom stereocenters. The molecule has 0 saturated carbocycles. The molecule has 0 radical (unpaired) electrons. The Kier molecular flexibility index (Phi) is 5.62. The third-order valence-electron chi connectivity index (χ3n) is 11.3. The van der Waals surface area contributed by atoms with Crippen LogP contribution in [0.4, 0.5) is 32.8 Å². The molecule has 236 valence electrons. The van der Waals surface area contributed by atoms with Crippen molar-refractivity contribution < 1.29 is 4.39 Å². The van der Waals surface area contributed by atoms with Crippen molar-refractivity contribution in [3.05, 3.63) is 168 Å². The molecule has 0 fully saturated rings. The summed E-state index contributed by atoms with van der Waals surface area (Å²) in [7, 11) is 0. The van der Waals surface area contributed by atoms with Crippen molar-refractivity contribution in [3.63, 3.8) is 0 Å². The second-order valence-corrected chi connectivity index (χ2v) is 15.2. The first-order valence-electron chi connectivity index (χ1n) is 17.3. The van der Waals surface area contributed by atoms with Crippen molar-refractivity contribution in [1.29, 1.82) is 0 Å². The second kappa shape index (κ2) is 9.96. The molecular weight excluding hydrogens is 630 g/mol. The smallest absolute Gasteiger partial charge is 0.249 e. The van der Waals surface area contributed by atoms with Gasteiger partial charge in [0.05, 0.1) is 0 Å². The summed E-state index contributed by atoms with van der Waals surface area (Å²) in [6.45, 7) is 4.78. The molecule has 0 N–H and O–H groups in total. The topological polar surface area (TPSA) is 6.48 Å². The van der Waals surface area contributed by atoms with Gasteiger partial charge < -0.3 is 9.80 Å². The van der Waals surface area contributed by atoms with E-state index in [1.807, 2.05) is 23.5 Å². The van der Waals surface area contributed by atoms with Crippen LogP contribution in [0.15, 0.2) is 151 Å². The highest BCUT2D eigenvalue weighted by atomic mass is 32.1. The molecule has 0 atom stereocenters. The molecular formula is C45H30BFN2S. The molecule has 11 rings (SSSR count). The Morgan fingerprint density at radius 1 is 0.580 bits per heavy atom. The summed E-state index contributed by atoms with van der Waals surface area (Å²) < 4.78 is 17.2. The largest absolute Gasteiger partial charge is 0.311 e. The Morgan fingerprint density at radius 2 is 1.22 bits per heavy atom. The molecule has 2 aliphatic heterocycles. The molecule has 5 heteroatoms. The molecule has 2 nitrogen and oxygen atoms in total. The Balaban J connectivity index is 1.38. The van der Waals surface area contributed by atoms with Crippen molar-refractivity contribution >= 4 is 94.1 Å². The molecule has 3 aliphatic rings. The third kappa shape index (κ3) is 3.52. The minimum absolute atomic E-state index is 0.0182. The van der Waals surface area contributed by atoms with Crippen LogP contribution < -0.4 is 20.7 Å². The fourth-order valence-electron chi connectivity index (χ4n) is 9.34. The van der Waals surface area contributed by atoms with Crippen LogP contribution in [0, 0.1) is 5.82 Å². The van der Waals surface area contributed by atoms with Crippen molar-refractivity contribution in [1.82, 2.24) is 0 Å². The number of para-hydroxylation sites is 1. The quantitative estimate of drug-likeness (QED) is 0.170. The highest BCUT2D eigenvalue weighted by Crippen LogP contribution is 2.57. The maximum absolute atomic E-state index is 14.5. The average Bonchev–Trinajstić information content (AvgIpc) is 3.65. The number of hydrogen-bond acceptors (Lipinski definition) is 3. The molecule has 8 aromatic rings. The monoisotopic (exact) mass is 660 g/mol. The highest BCUT2D eigenvalue weighted by molar-refractivity contribution is 7.27. The third-order valence-corrected chi connectivity index (χ3v) is 12.5. The van der Waals surface area contributed by atoms with Gasteiger partial charge in [-0.3, -0.25) is 0 Å². The minimum atomic E-state index is -0.282. The van der Waals surface area contributed by atoms with Gasteiger partial charge in [0.1, 0.15) is 5.82 Å². The van der Waals surface area contributed by atoms with Crippen LogP contribution in [-0.4, -0.2) is 6.71 Å². The lowest BCUT2D eigenvalue weighted by Gasteiger charge is -2.46. The summed E-state index contributed by atoms with van der Waals surface area (Å²) in [5.74, 6) is -0.233. The van der Waals surface area contributed by atoms with Crippen molar-refractivity contribution in [2.75, 3.05) is 9.80 Å². The van der Waals surface area contributed by atoms with Crippen molar-refractivity contribution in [2.24, 2.45) is 0 Å². The Bertz CT molecular complexity index is 2760. The lowest BCUT2D eigenvalue weighted by Crippen LogP contribution is -2.57. The first-order chi connectivity index (χ1) is 24.5. The van der Waals surface area contributed by atoms with E-state index < -0.39 is 0 Å². The SMILES string of the molecule is CC1(C)C2=C(c3ccccc31)N(c1ccc(F)cc1)c1cccc3c1B2c1c(c2ccccc2c2sc4ccccc4c12)N3c1ccccc1. The van der Waals surface area contributed by atoms with Gasteiger partial charge in [0.15, 0.2) is 0 Å². The zero-order valence-electron chi connectivity index (χ0n) is 27.6. The number of rotatable bonds is 2. The van der Waals surface area contributed by atoms with Gasteiger partial charge in [0, 0.05) is 65.3 Å². The molecule has 0 bridgehead atoms. The zero-order chi connectivity index (χ0) is 33.3. The van der Waals surface area contributed by atoms with E-state index in [4.69, 9.17) is 0 Å². The van der Waals surface area contributed by atoms with Gasteiger partial charge in [-0.25, -0.2) is 4.39 Å². The number of allylic oxidation sites excluding steroid dienone is 1. The Morgan fingerprint density at radius 3 is 2.02 bits per heavy atom. The van der Waals surface area contributed by atoms with Crippen LogP contribution >= 0.6 is 11.3 Å². The molecule has 0 spiro atoms. The van der Waals surface area contributed by atoms with Gasteiger partial charge in [-0.1, -0.05) is 110 Å². The van der Waals surface area contributed by atoms with Crippen LogP contribution in [-0.2, 0) is 5.41 Å². The van der Waals surface area contributed by atoms with E-state index in [0.717, 1.165) is 17.1 Å². The fourth-order valence-corrected chi connectivity index (χ4v) is 10.6. The Labute approximate surface area is 294 Å². The van der Waals surface area contributed by atoms with E-state index in [9.17, 15) is 4.39 Å². The van der Waals surface area contributed by atoms with Crippen LogP contribution in [0.5, 0.6) is 0 Å². The number of hydrogen-bond donors (Lipinski definition) is 0. The summed E-state index contributed by atoms with van der Waals surface area (Å²) in [4.78, 5) is 4.93. The second-order valence-electron chi connectivity index (χ2n) is 14.2. The van der Waals surface area contributed by atoms with E-state index >= 15 is 0 Å². The zero-order valence-corrected chi connectivity index (χ0v) is 28.4. The highest BCUT2D eigenvalue weighted by Gasteiger charge is 2.53. The van der Waals surface area contributed by atoms with Crippen molar-refractivity contribution in [2.45, 2.75) is 19.3 Å². The average molecular weight is 661 g/mol. The molecule has 3 heterocycles. The summed E-state index contributed by atoms with van der Waals surface area (Å²) in [5, 5.41) is 5.20. The molecule has 50 heavy (non-hydrogen) atoms. The number of fused-ring (bicyclic) bond motifs is 12. The van der Waals surface area contributed by atoms with Gasteiger partial charge >= 0.3 is 0 Å². The Hall–Kier alpha value is -5.65. The molecule has 7 aromatic carbocycles. The molecule has 0 amide bonds. The minimum Gasteiger partial charge on any atom is -0.311 e. The molecule has 1 aromatic heterocycles. The normalized spacial score (nSPS) is 15.5. The van der Waals surface area contributed by atoms with Crippen LogP contribution in [0.2, 0.25) is 0 Å². The predicted molar refractivity (Wildman–Crippen MR) is 211 cm³/mol. The summed E-state index contributed by atoms with van der Waals surface area (Å²) in [5.41, 5.74) is 13.2. The lowest BCUT2D eigenvalue weighted by molar-refractivity contribution is 0.628. The number of nitrogens with zero attached hydrogens (tertiary/aromatic N) is 2. The van der Waals surface area contributed by atoms with Gasteiger partial charge in [0.25, 0.3) is 0 Å². The van der Waals surface area contributed by atoms with E-state index in [1.54, 1.807) is 12.1 Å². The van der Waals surface area contributed by atoms with E-state index in [2.05, 4.69) is 145 Å². The summed E-state index contributed by atoms with van der Waals surface area (Å²) >= 11 is 1.91.